The van der Waals surface area contributed by atoms with Gasteiger partial charge < -0.3 is 10.4 Å². The van der Waals surface area contributed by atoms with E-state index in [0.29, 0.717) is 6.42 Å². The second-order valence-electron chi connectivity index (χ2n) is 8.88. The molecule has 0 spiro atoms. The molecule has 4 heteroatoms. The fraction of sp³-hybridized carbons (Fsp3) is 0.524. The monoisotopic (exact) mass is 339 g/mol. The highest BCUT2D eigenvalue weighted by atomic mass is 16.3. The van der Waals surface area contributed by atoms with Crippen LogP contribution in [0.5, 0.6) is 0 Å². The Morgan fingerprint density at radius 2 is 1.68 bits per heavy atom. The summed E-state index contributed by atoms with van der Waals surface area (Å²) < 4.78 is 0. The molecule has 0 fully saturated rings. The van der Waals surface area contributed by atoms with Crippen LogP contribution in [-0.4, -0.2) is 20.7 Å². The lowest BCUT2D eigenvalue weighted by atomic mass is 9.79. The molecule has 0 bridgehead atoms. The maximum absolute atomic E-state index is 10.2. The third-order valence-electron chi connectivity index (χ3n) is 5.07. The first-order valence-electron chi connectivity index (χ1n) is 9.01. The molecule has 1 aromatic heterocycles. The van der Waals surface area contributed by atoms with Crippen molar-refractivity contribution in [3.05, 3.63) is 53.5 Å². The molecule has 134 valence electrons. The fourth-order valence-electron chi connectivity index (χ4n) is 3.44. The number of anilines is 1. The topological polar surface area (TPSA) is 58.0 Å². The lowest BCUT2D eigenvalue weighted by Gasteiger charge is -2.33. The fourth-order valence-corrected chi connectivity index (χ4v) is 3.44. The van der Waals surface area contributed by atoms with Crippen molar-refractivity contribution in [3.8, 4) is 0 Å². The van der Waals surface area contributed by atoms with E-state index in [2.05, 4.69) is 60.3 Å². The number of nitrogens with one attached hydrogen (secondary N) is 1. The Hall–Kier alpha value is -1.94. The Bertz CT molecular complexity index is 714. The molecular weight excluding hydrogens is 310 g/mol. The minimum atomic E-state index is -0.699. The van der Waals surface area contributed by atoms with Crippen molar-refractivity contribution in [3.63, 3.8) is 0 Å². The second kappa shape index (κ2) is 6.10. The van der Waals surface area contributed by atoms with Crippen molar-refractivity contribution in [2.45, 2.75) is 70.4 Å². The van der Waals surface area contributed by atoms with Gasteiger partial charge in [-0.05, 0) is 43.2 Å². The van der Waals surface area contributed by atoms with Gasteiger partial charge in [0.1, 0.15) is 5.82 Å². The molecule has 2 aromatic rings. The molecule has 0 amide bonds. The van der Waals surface area contributed by atoms with Gasteiger partial charge in [-0.1, -0.05) is 45.0 Å². The normalized spacial score (nSPS) is 20.2. The maximum atomic E-state index is 10.2. The molecule has 1 atom stereocenters. The van der Waals surface area contributed by atoms with Crippen LogP contribution in [0.4, 0.5) is 5.82 Å². The highest BCUT2D eigenvalue weighted by molar-refractivity contribution is 5.53. The summed E-state index contributed by atoms with van der Waals surface area (Å²) in [7, 11) is 0. The van der Waals surface area contributed by atoms with Crippen LogP contribution in [0, 0.1) is 0 Å². The van der Waals surface area contributed by atoms with E-state index in [1.54, 1.807) is 12.4 Å². The van der Waals surface area contributed by atoms with Crippen molar-refractivity contribution >= 4 is 5.82 Å². The number of nitrogens with zero attached hydrogens (tertiary/aromatic N) is 2. The summed E-state index contributed by atoms with van der Waals surface area (Å²) in [6, 6.07) is 8.85. The highest BCUT2D eigenvalue weighted by Gasteiger charge is 2.40. The average Bonchev–Trinajstić information content (AvgIpc) is 2.91. The SMILES string of the molecule is CC(C)(O)CCC1(c2ccc(C(C)(C)C)cc2)Cc2nccnc2N1. The van der Waals surface area contributed by atoms with Crippen LogP contribution in [-0.2, 0) is 17.4 Å². The Balaban J connectivity index is 1.95. The molecule has 0 saturated carbocycles. The number of fused-ring (bicyclic) bond motifs is 1. The van der Waals surface area contributed by atoms with Gasteiger partial charge in [0.2, 0.25) is 0 Å². The molecule has 0 saturated heterocycles. The van der Waals surface area contributed by atoms with Crippen LogP contribution in [0.25, 0.3) is 0 Å². The smallest absolute Gasteiger partial charge is 0.148 e. The Morgan fingerprint density at radius 1 is 1.04 bits per heavy atom. The Labute approximate surface area is 150 Å². The first kappa shape index (κ1) is 17.9. The predicted molar refractivity (Wildman–Crippen MR) is 102 cm³/mol. The van der Waals surface area contributed by atoms with E-state index in [4.69, 9.17) is 0 Å². The van der Waals surface area contributed by atoms with Crippen molar-refractivity contribution in [2.75, 3.05) is 5.32 Å². The summed E-state index contributed by atoms with van der Waals surface area (Å²) in [5.74, 6) is 0.859. The van der Waals surface area contributed by atoms with Gasteiger partial charge in [-0.2, -0.15) is 0 Å². The zero-order valence-electron chi connectivity index (χ0n) is 15.9. The second-order valence-corrected chi connectivity index (χ2v) is 8.88. The first-order chi connectivity index (χ1) is 11.6. The average molecular weight is 339 g/mol. The van der Waals surface area contributed by atoms with Crippen LogP contribution >= 0.6 is 0 Å². The quantitative estimate of drug-likeness (QED) is 0.877. The standard InChI is InChI=1S/C21H29N3O/c1-19(2,3)15-6-8-16(9-7-15)21(11-10-20(4,5)25)14-17-18(24-21)23-13-12-22-17/h6-9,12-13,25H,10-11,14H2,1-5H3,(H,23,24). The summed E-state index contributed by atoms with van der Waals surface area (Å²) in [6.45, 7) is 10.4. The van der Waals surface area contributed by atoms with E-state index in [1.165, 1.54) is 11.1 Å². The summed E-state index contributed by atoms with van der Waals surface area (Å²) in [4.78, 5) is 8.94. The van der Waals surface area contributed by atoms with E-state index in [0.717, 1.165) is 24.4 Å². The third-order valence-corrected chi connectivity index (χ3v) is 5.07. The molecule has 1 unspecified atom stereocenters. The van der Waals surface area contributed by atoms with E-state index in [1.807, 2.05) is 13.8 Å². The molecule has 1 aliphatic heterocycles. The molecule has 4 nitrogen and oxygen atoms in total. The van der Waals surface area contributed by atoms with Crippen LogP contribution < -0.4 is 5.32 Å². The minimum absolute atomic E-state index is 0.133. The third kappa shape index (κ3) is 3.84. The van der Waals surface area contributed by atoms with Crippen LogP contribution in [0.2, 0.25) is 0 Å². The number of aromatic nitrogens is 2. The van der Waals surface area contributed by atoms with Gasteiger partial charge in [-0.15, -0.1) is 0 Å². The first-order valence-corrected chi connectivity index (χ1v) is 9.01. The summed E-state index contributed by atoms with van der Waals surface area (Å²) in [6.07, 6.45) is 5.79. The number of benzene rings is 1. The molecule has 1 aromatic carbocycles. The molecule has 2 N–H and O–H groups in total. The Morgan fingerprint density at radius 3 is 2.24 bits per heavy atom. The molecule has 2 heterocycles. The van der Waals surface area contributed by atoms with Gasteiger partial charge in [-0.25, -0.2) is 4.98 Å². The molecule has 3 rings (SSSR count). The van der Waals surface area contributed by atoms with Gasteiger partial charge >= 0.3 is 0 Å². The number of rotatable bonds is 4. The van der Waals surface area contributed by atoms with Crippen LogP contribution in [0.3, 0.4) is 0 Å². The minimum Gasteiger partial charge on any atom is -0.390 e. The molecular formula is C21H29N3O. The number of aliphatic hydroxyl groups is 1. The highest BCUT2D eigenvalue weighted by Crippen LogP contribution is 2.42. The summed E-state index contributed by atoms with van der Waals surface area (Å²) in [5.41, 5.74) is 2.72. The van der Waals surface area contributed by atoms with Crippen molar-refractivity contribution in [1.82, 2.24) is 9.97 Å². The van der Waals surface area contributed by atoms with Crippen molar-refractivity contribution in [2.24, 2.45) is 0 Å². The molecule has 25 heavy (non-hydrogen) atoms. The van der Waals surface area contributed by atoms with E-state index in [9.17, 15) is 5.11 Å². The van der Waals surface area contributed by atoms with E-state index < -0.39 is 5.60 Å². The van der Waals surface area contributed by atoms with E-state index in [-0.39, 0.29) is 11.0 Å². The lowest BCUT2D eigenvalue weighted by Crippen LogP contribution is -2.36. The van der Waals surface area contributed by atoms with Gasteiger partial charge in [0.15, 0.2) is 0 Å². The van der Waals surface area contributed by atoms with Gasteiger partial charge in [0.05, 0.1) is 16.8 Å². The largest absolute Gasteiger partial charge is 0.390 e. The van der Waals surface area contributed by atoms with Crippen LogP contribution in [0.1, 0.15) is 64.3 Å². The van der Waals surface area contributed by atoms with Gasteiger partial charge in [-0.3, -0.25) is 4.98 Å². The number of hydrogen-bond donors (Lipinski definition) is 2. The van der Waals surface area contributed by atoms with Crippen molar-refractivity contribution in [1.29, 1.82) is 0 Å². The molecule has 0 aliphatic carbocycles. The van der Waals surface area contributed by atoms with Crippen molar-refractivity contribution < 1.29 is 5.11 Å². The Kier molecular flexibility index (Phi) is 4.36. The number of hydrogen-bond acceptors (Lipinski definition) is 4. The zero-order chi connectivity index (χ0) is 18.3. The summed E-state index contributed by atoms with van der Waals surface area (Å²) in [5, 5.41) is 13.9. The predicted octanol–water partition coefficient (Wildman–Crippen LogP) is 4.19. The zero-order valence-corrected chi connectivity index (χ0v) is 15.9. The molecule has 0 radical (unpaired) electrons. The van der Waals surface area contributed by atoms with Crippen LogP contribution in [0.15, 0.2) is 36.7 Å². The summed E-state index contributed by atoms with van der Waals surface area (Å²) >= 11 is 0. The molecule has 1 aliphatic rings. The van der Waals surface area contributed by atoms with Gasteiger partial charge in [0, 0.05) is 18.8 Å². The maximum Gasteiger partial charge on any atom is 0.148 e. The lowest BCUT2D eigenvalue weighted by molar-refractivity contribution is 0.0625. The van der Waals surface area contributed by atoms with Gasteiger partial charge in [0.25, 0.3) is 0 Å². The van der Waals surface area contributed by atoms with E-state index >= 15 is 0 Å².